The van der Waals surface area contributed by atoms with E-state index < -0.39 is 12.2 Å². The lowest BCUT2D eigenvalue weighted by Gasteiger charge is -2.24. The van der Waals surface area contributed by atoms with Gasteiger partial charge in [0.15, 0.2) is 0 Å². The maximum absolute atomic E-state index is 13.3. The Morgan fingerprint density at radius 3 is 2.19 bits per heavy atom. The molecule has 2 aromatic carbocycles. The van der Waals surface area contributed by atoms with Crippen molar-refractivity contribution >= 4 is 28.9 Å². The largest absolute Gasteiger partial charge is 0.412 e. The highest BCUT2D eigenvalue weighted by molar-refractivity contribution is 6.35. The third kappa shape index (κ3) is 3.83. The number of alkyl halides is 3. The summed E-state index contributed by atoms with van der Waals surface area (Å²) in [4.78, 5) is 0. The van der Waals surface area contributed by atoms with Gasteiger partial charge >= 0.3 is 6.18 Å². The van der Waals surface area contributed by atoms with E-state index in [4.69, 9.17) is 23.2 Å². The molecule has 0 spiro atoms. The Balaban J connectivity index is 2.39. The summed E-state index contributed by atoms with van der Waals surface area (Å²) in [6, 6.07) is 8.68. The fourth-order valence-corrected chi connectivity index (χ4v) is 2.35. The lowest BCUT2D eigenvalue weighted by atomic mass is 10.1. The first kappa shape index (κ1) is 16.0. The van der Waals surface area contributed by atoms with Crippen LogP contribution in [0.1, 0.15) is 17.2 Å². The predicted molar refractivity (Wildman–Crippen MR) is 80.1 cm³/mol. The third-order valence-electron chi connectivity index (χ3n) is 3.01. The number of anilines is 1. The van der Waals surface area contributed by atoms with Crippen LogP contribution < -0.4 is 5.32 Å². The van der Waals surface area contributed by atoms with Crippen LogP contribution in [0.4, 0.5) is 18.9 Å². The summed E-state index contributed by atoms with van der Waals surface area (Å²) in [6.07, 6.45) is -4.46. The van der Waals surface area contributed by atoms with Crippen LogP contribution in [-0.2, 0) is 0 Å². The van der Waals surface area contributed by atoms with Crippen LogP contribution >= 0.6 is 23.2 Å². The molecular weight excluding hydrogens is 322 g/mol. The van der Waals surface area contributed by atoms with Crippen molar-refractivity contribution in [2.45, 2.75) is 19.1 Å². The number of halogens is 5. The van der Waals surface area contributed by atoms with Gasteiger partial charge < -0.3 is 5.32 Å². The molecule has 0 fully saturated rings. The first-order valence-corrected chi connectivity index (χ1v) is 6.88. The molecule has 6 heteroatoms. The summed E-state index contributed by atoms with van der Waals surface area (Å²) in [5.41, 5.74) is 0.965. The molecule has 1 nitrogen and oxygen atoms in total. The Kier molecular flexibility index (Phi) is 4.69. The second-order valence-corrected chi connectivity index (χ2v) is 5.43. The van der Waals surface area contributed by atoms with Crippen LogP contribution in [0.2, 0.25) is 10.0 Å². The summed E-state index contributed by atoms with van der Waals surface area (Å²) in [5.74, 6) is 0. The fraction of sp³-hybridized carbons (Fsp3) is 0.200. The van der Waals surface area contributed by atoms with Gasteiger partial charge in [-0.15, -0.1) is 0 Å². The Hall–Kier alpha value is -1.39. The van der Waals surface area contributed by atoms with Gasteiger partial charge in [-0.2, -0.15) is 13.2 Å². The number of hydrogen-bond acceptors (Lipinski definition) is 1. The zero-order chi connectivity index (χ0) is 15.6. The van der Waals surface area contributed by atoms with Crippen LogP contribution in [0.5, 0.6) is 0 Å². The standard InChI is InChI=1S/C15H12Cl2F3N/c1-9-7-12(17)13(8-11(9)16)21-14(15(18,19)20)10-5-3-2-4-6-10/h2-8,14,21H,1H3. The van der Waals surface area contributed by atoms with Crippen LogP contribution in [0, 0.1) is 6.92 Å². The Morgan fingerprint density at radius 1 is 1.00 bits per heavy atom. The molecule has 2 rings (SSSR count). The highest BCUT2D eigenvalue weighted by Gasteiger charge is 2.41. The van der Waals surface area contributed by atoms with Crippen LogP contribution in [0.25, 0.3) is 0 Å². The maximum atomic E-state index is 13.3. The van der Waals surface area contributed by atoms with E-state index in [2.05, 4.69) is 5.32 Å². The average Bonchev–Trinajstić information content (AvgIpc) is 2.41. The van der Waals surface area contributed by atoms with Gasteiger partial charge in [0.1, 0.15) is 6.04 Å². The van der Waals surface area contributed by atoms with Crippen molar-refractivity contribution in [3.8, 4) is 0 Å². The minimum absolute atomic E-state index is 0.109. The van der Waals surface area contributed by atoms with Crippen molar-refractivity contribution in [3.05, 3.63) is 63.6 Å². The monoisotopic (exact) mass is 333 g/mol. The zero-order valence-corrected chi connectivity index (χ0v) is 12.5. The lowest BCUT2D eigenvalue weighted by molar-refractivity contribution is -0.144. The molecule has 1 N–H and O–H groups in total. The van der Waals surface area contributed by atoms with E-state index in [0.29, 0.717) is 10.6 Å². The van der Waals surface area contributed by atoms with Crippen molar-refractivity contribution in [2.75, 3.05) is 5.32 Å². The van der Waals surface area contributed by atoms with E-state index in [-0.39, 0.29) is 16.3 Å². The van der Waals surface area contributed by atoms with E-state index in [9.17, 15) is 13.2 Å². The van der Waals surface area contributed by atoms with Gasteiger partial charge in [0.25, 0.3) is 0 Å². The molecule has 0 aromatic heterocycles. The van der Waals surface area contributed by atoms with Gasteiger partial charge in [0, 0.05) is 5.02 Å². The Labute approximate surface area is 130 Å². The maximum Gasteiger partial charge on any atom is 0.412 e. The van der Waals surface area contributed by atoms with Crippen LogP contribution in [0.3, 0.4) is 0 Å². The molecule has 0 heterocycles. The van der Waals surface area contributed by atoms with Gasteiger partial charge in [0.2, 0.25) is 0 Å². The van der Waals surface area contributed by atoms with Gasteiger partial charge in [-0.25, -0.2) is 0 Å². The van der Waals surface area contributed by atoms with Gasteiger partial charge in [-0.05, 0) is 30.2 Å². The highest BCUT2D eigenvalue weighted by Crippen LogP contribution is 2.38. The second kappa shape index (κ2) is 6.16. The minimum Gasteiger partial charge on any atom is -0.369 e. The van der Waals surface area contributed by atoms with Crippen LogP contribution in [-0.4, -0.2) is 6.18 Å². The zero-order valence-electron chi connectivity index (χ0n) is 11.0. The van der Waals surface area contributed by atoms with Crippen molar-refractivity contribution in [1.82, 2.24) is 0 Å². The first-order chi connectivity index (χ1) is 9.79. The molecule has 0 bridgehead atoms. The Morgan fingerprint density at radius 2 is 1.62 bits per heavy atom. The first-order valence-electron chi connectivity index (χ1n) is 6.13. The van der Waals surface area contributed by atoms with E-state index in [1.807, 2.05) is 0 Å². The smallest absolute Gasteiger partial charge is 0.369 e. The van der Waals surface area contributed by atoms with Crippen LogP contribution in [0.15, 0.2) is 42.5 Å². The summed E-state index contributed by atoms with van der Waals surface area (Å²) in [6.45, 7) is 1.73. The summed E-state index contributed by atoms with van der Waals surface area (Å²) < 4.78 is 39.8. The van der Waals surface area contributed by atoms with E-state index >= 15 is 0 Å². The number of rotatable bonds is 3. The number of hydrogen-bond donors (Lipinski definition) is 1. The van der Waals surface area contributed by atoms with E-state index in [1.165, 1.54) is 24.3 Å². The topological polar surface area (TPSA) is 12.0 Å². The molecular formula is C15H12Cl2F3N. The van der Waals surface area contributed by atoms with Crippen molar-refractivity contribution in [2.24, 2.45) is 0 Å². The Bertz CT molecular complexity index is 627. The van der Waals surface area contributed by atoms with Crippen molar-refractivity contribution in [3.63, 3.8) is 0 Å². The van der Waals surface area contributed by atoms with E-state index in [1.54, 1.807) is 25.1 Å². The lowest BCUT2D eigenvalue weighted by Crippen LogP contribution is -2.28. The molecule has 1 atom stereocenters. The molecule has 0 aliphatic rings. The van der Waals surface area contributed by atoms with Gasteiger partial charge in [-0.3, -0.25) is 0 Å². The SMILES string of the molecule is Cc1cc(Cl)c(NC(c2ccccc2)C(F)(F)F)cc1Cl. The molecule has 2 aromatic rings. The minimum atomic E-state index is -4.46. The van der Waals surface area contributed by atoms with Crippen molar-refractivity contribution in [1.29, 1.82) is 0 Å². The van der Waals surface area contributed by atoms with Gasteiger partial charge in [-0.1, -0.05) is 53.5 Å². The van der Waals surface area contributed by atoms with Gasteiger partial charge in [0.05, 0.1) is 10.7 Å². The highest BCUT2D eigenvalue weighted by atomic mass is 35.5. The molecule has 0 radical (unpaired) electrons. The number of benzene rings is 2. The molecule has 0 aliphatic carbocycles. The quantitative estimate of drug-likeness (QED) is 0.724. The van der Waals surface area contributed by atoms with Crippen molar-refractivity contribution < 1.29 is 13.2 Å². The molecule has 21 heavy (non-hydrogen) atoms. The van der Waals surface area contributed by atoms with E-state index in [0.717, 1.165) is 0 Å². The third-order valence-corrected chi connectivity index (χ3v) is 3.73. The number of aryl methyl sites for hydroxylation is 1. The molecule has 0 amide bonds. The molecule has 1 unspecified atom stereocenters. The number of nitrogens with one attached hydrogen (secondary N) is 1. The predicted octanol–water partition coefficient (Wildman–Crippen LogP) is 6.02. The fourth-order valence-electron chi connectivity index (χ4n) is 1.91. The molecule has 0 saturated heterocycles. The summed E-state index contributed by atoms with van der Waals surface area (Å²) in [7, 11) is 0. The molecule has 112 valence electrons. The second-order valence-electron chi connectivity index (χ2n) is 4.61. The normalized spacial score (nSPS) is 13.0. The average molecular weight is 334 g/mol. The summed E-state index contributed by atoms with van der Waals surface area (Å²) >= 11 is 11.9. The molecule has 0 aliphatic heterocycles. The molecule has 0 saturated carbocycles. The summed E-state index contributed by atoms with van der Waals surface area (Å²) in [5, 5.41) is 2.98.